The summed E-state index contributed by atoms with van der Waals surface area (Å²) in [6.45, 7) is 8.93. The number of benzene rings is 4. The Labute approximate surface area is 245 Å². The summed E-state index contributed by atoms with van der Waals surface area (Å²) in [5.41, 5.74) is 5.12. The summed E-state index contributed by atoms with van der Waals surface area (Å²) in [7, 11) is 0. The molecule has 1 N–H and O–H groups in total. The second-order valence-electron chi connectivity index (χ2n) is 10.9. The van der Waals surface area contributed by atoms with Crippen LogP contribution in [0.3, 0.4) is 0 Å². The van der Waals surface area contributed by atoms with E-state index in [1.54, 1.807) is 0 Å². The van der Waals surface area contributed by atoms with E-state index in [0.717, 1.165) is 31.7 Å². The Bertz CT molecular complexity index is 1310. The van der Waals surface area contributed by atoms with E-state index in [-0.39, 0.29) is 18.5 Å². The van der Waals surface area contributed by atoms with Gasteiger partial charge in [-0.05, 0) is 70.1 Å². The highest BCUT2D eigenvalue weighted by atomic mass is 35.5. The maximum absolute atomic E-state index is 6.46. The number of ether oxygens (including phenoxy) is 3. The van der Waals surface area contributed by atoms with Gasteiger partial charge in [-0.15, -0.1) is 12.4 Å². The standard InChI is InChI=1S/C35H41NO3.ClH/c1-26(2)29-11-8-27(9-12-29)24-37-20-5-21-38-33-16-14-31(15-17-33)34-18-19-36-23-35(34)39-25-28-10-13-30-6-3-4-7-32(30)22-28;/h3-4,6-17,22,26,34-36H,5,18-21,23-25H2,1-2H3;1H. The van der Waals surface area contributed by atoms with Crippen molar-refractivity contribution in [2.45, 2.75) is 57.8 Å². The van der Waals surface area contributed by atoms with Crippen LogP contribution >= 0.6 is 12.4 Å². The summed E-state index contributed by atoms with van der Waals surface area (Å²) in [6.07, 6.45) is 2.08. The van der Waals surface area contributed by atoms with Crippen LogP contribution in [-0.2, 0) is 22.7 Å². The Morgan fingerprint density at radius 1 is 0.800 bits per heavy atom. The molecule has 2 unspecified atom stereocenters. The quantitative estimate of drug-likeness (QED) is 0.178. The summed E-state index contributed by atoms with van der Waals surface area (Å²) >= 11 is 0. The van der Waals surface area contributed by atoms with Crippen LogP contribution in [0, 0.1) is 0 Å². The number of hydrogen-bond donors (Lipinski definition) is 1. The molecule has 4 aromatic rings. The van der Waals surface area contributed by atoms with Crippen molar-refractivity contribution in [2.75, 3.05) is 26.3 Å². The molecule has 5 heteroatoms. The molecule has 1 fully saturated rings. The molecule has 40 heavy (non-hydrogen) atoms. The number of nitrogens with one attached hydrogen (secondary N) is 1. The molecule has 0 bridgehead atoms. The fourth-order valence-corrected chi connectivity index (χ4v) is 5.27. The summed E-state index contributed by atoms with van der Waals surface area (Å²) in [4.78, 5) is 0. The number of fused-ring (bicyclic) bond motifs is 1. The molecule has 4 aromatic carbocycles. The van der Waals surface area contributed by atoms with Crippen LogP contribution < -0.4 is 10.1 Å². The van der Waals surface area contributed by atoms with Crippen LogP contribution in [0.15, 0.2) is 91.0 Å². The largest absolute Gasteiger partial charge is 0.494 e. The van der Waals surface area contributed by atoms with Crippen molar-refractivity contribution in [3.8, 4) is 5.75 Å². The lowest BCUT2D eigenvalue weighted by molar-refractivity contribution is 0.0106. The van der Waals surface area contributed by atoms with E-state index in [1.807, 2.05) is 0 Å². The molecule has 0 aromatic heterocycles. The maximum Gasteiger partial charge on any atom is 0.119 e. The van der Waals surface area contributed by atoms with Crippen molar-refractivity contribution in [3.63, 3.8) is 0 Å². The molecule has 0 spiro atoms. The Morgan fingerprint density at radius 3 is 2.33 bits per heavy atom. The van der Waals surface area contributed by atoms with Crippen molar-refractivity contribution in [1.82, 2.24) is 5.32 Å². The number of halogens is 1. The second kappa shape index (κ2) is 15.2. The summed E-state index contributed by atoms with van der Waals surface area (Å²) < 4.78 is 18.3. The predicted molar refractivity (Wildman–Crippen MR) is 167 cm³/mol. The molecule has 1 aliphatic heterocycles. The van der Waals surface area contributed by atoms with Gasteiger partial charge in [0.25, 0.3) is 0 Å². The van der Waals surface area contributed by atoms with E-state index in [0.29, 0.717) is 38.3 Å². The molecule has 1 saturated heterocycles. The van der Waals surface area contributed by atoms with Gasteiger partial charge in [-0.2, -0.15) is 0 Å². The van der Waals surface area contributed by atoms with E-state index < -0.39 is 0 Å². The molecule has 5 rings (SSSR count). The first-order chi connectivity index (χ1) is 19.2. The molecule has 1 heterocycles. The van der Waals surface area contributed by atoms with Crippen LogP contribution in [0.2, 0.25) is 0 Å². The molecule has 4 nitrogen and oxygen atoms in total. The summed E-state index contributed by atoms with van der Waals surface area (Å²) in [5.74, 6) is 1.84. The lowest BCUT2D eigenvalue weighted by atomic mass is 9.87. The minimum absolute atomic E-state index is 0. The van der Waals surface area contributed by atoms with Gasteiger partial charge in [0.2, 0.25) is 0 Å². The first-order valence-electron chi connectivity index (χ1n) is 14.3. The summed E-state index contributed by atoms with van der Waals surface area (Å²) in [5, 5.41) is 6.04. The molecule has 0 saturated carbocycles. The van der Waals surface area contributed by atoms with Gasteiger partial charge in [-0.25, -0.2) is 0 Å². The van der Waals surface area contributed by atoms with Gasteiger partial charge in [0.05, 0.1) is 32.5 Å². The molecule has 0 radical (unpaired) electrons. The molecule has 1 aliphatic rings. The van der Waals surface area contributed by atoms with Crippen LogP contribution in [0.4, 0.5) is 0 Å². The van der Waals surface area contributed by atoms with E-state index in [4.69, 9.17) is 14.2 Å². The molecular weight excluding hydrogens is 518 g/mol. The zero-order valence-corrected chi connectivity index (χ0v) is 24.5. The van der Waals surface area contributed by atoms with Crippen molar-refractivity contribution >= 4 is 23.2 Å². The Kier molecular flexibility index (Phi) is 11.4. The lowest BCUT2D eigenvalue weighted by Gasteiger charge is -2.32. The second-order valence-corrected chi connectivity index (χ2v) is 10.9. The monoisotopic (exact) mass is 559 g/mol. The molecule has 212 valence electrons. The third-order valence-corrected chi connectivity index (χ3v) is 7.63. The molecule has 0 amide bonds. The van der Waals surface area contributed by atoms with Gasteiger partial charge >= 0.3 is 0 Å². The minimum atomic E-state index is 0. The SMILES string of the molecule is CC(C)c1ccc(COCCCOc2ccc(C3CCNCC3OCc3ccc4ccccc4c3)cc2)cc1.Cl. The van der Waals surface area contributed by atoms with E-state index in [1.165, 1.54) is 33.0 Å². The maximum atomic E-state index is 6.46. The van der Waals surface area contributed by atoms with E-state index >= 15 is 0 Å². The zero-order chi connectivity index (χ0) is 26.9. The number of rotatable bonds is 12. The highest BCUT2D eigenvalue weighted by Crippen LogP contribution is 2.30. The zero-order valence-electron chi connectivity index (χ0n) is 23.7. The molecule has 0 aliphatic carbocycles. The highest BCUT2D eigenvalue weighted by molar-refractivity contribution is 5.85. The average Bonchev–Trinajstić information content (AvgIpc) is 2.98. The van der Waals surface area contributed by atoms with Gasteiger partial charge in [-0.3, -0.25) is 0 Å². The van der Waals surface area contributed by atoms with Crippen LogP contribution in [-0.4, -0.2) is 32.4 Å². The number of piperidine rings is 1. The Morgan fingerprint density at radius 2 is 1.55 bits per heavy atom. The molecule has 2 atom stereocenters. The van der Waals surface area contributed by atoms with Gasteiger partial charge in [-0.1, -0.05) is 86.6 Å². The topological polar surface area (TPSA) is 39.7 Å². The van der Waals surface area contributed by atoms with E-state index in [9.17, 15) is 0 Å². The Hall–Kier alpha value is -2.89. The van der Waals surface area contributed by atoms with Gasteiger partial charge < -0.3 is 19.5 Å². The normalized spacial score (nSPS) is 17.1. The van der Waals surface area contributed by atoms with Crippen molar-refractivity contribution < 1.29 is 14.2 Å². The smallest absolute Gasteiger partial charge is 0.119 e. The highest BCUT2D eigenvalue weighted by Gasteiger charge is 2.27. The van der Waals surface area contributed by atoms with Crippen molar-refractivity contribution in [1.29, 1.82) is 0 Å². The van der Waals surface area contributed by atoms with Crippen molar-refractivity contribution in [3.05, 3.63) is 113 Å². The predicted octanol–water partition coefficient (Wildman–Crippen LogP) is 8.03. The fraction of sp³-hybridized carbons (Fsp3) is 0.371. The van der Waals surface area contributed by atoms with Crippen LogP contribution in [0.1, 0.15) is 60.8 Å². The van der Waals surface area contributed by atoms with Gasteiger partial charge in [0.15, 0.2) is 0 Å². The fourth-order valence-electron chi connectivity index (χ4n) is 5.27. The van der Waals surface area contributed by atoms with Gasteiger partial charge in [0, 0.05) is 18.9 Å². The third-order valence-electron chi connectivity index (χ3n) is 7.63. The summed E-state index contributed by atoms with van der Waals surface area (Å²) in [6, 6.07) is 32.4. The van der Waals surface area contributed by atoms with E-state index in [2.05, 4.69) is 110 Å². The number of hydrogen-bond acceptors (Lipinski definition) is 4. The van der Waals surface area contributed by atoms with Crippen LogP contribution in [0.25, 0.3) is 10.8 Å². The first kappa shape index (κ1) is 30.1. The van der Waals surface area contributed by atoms with Crippen molar-refractivity contribution in [2.24, 2.45) is 0 Å². The lowest BCUT2D eigenvalue weighted by Crippen LogP contribution is -2.40. The molecular formula is C35H42ClNO3. The van der Waals surface area contributed by atoms with Crippen LogP contribution in [0.5, 0.6) is 5.75 Å². The first-order valence-corrected chi connectivity index (χ1v) is 14.3. The third kappa shape index (κ3) is 8.31. The Balaban J connectivity index is 0.00000370. The average molecular weight is 560 g/mol. The van der Waals surface area contributed by atoms with Gasteiger partial charge in [0.1, 0.15) is 5.75 Å². The minimum Gasteiger partial charge on any atom is -0.494 e.